The predicted molar refractivity (Wildman–Crippen MR) is 79.2 cm³/mol. The molecule has 1 saturated heterocycles. The van der Waals surface area contributed by atoms with Crippen molar-refractivity contribution in [3.05, 3.63) is 34.9 Å². The largest absolute Gasteiger partial charge is 0.327 e. The average molecular weight is 259 g/mol. The molecule has 1 aliphatic heterocycles. The zero-order chi connectivity index (χ0) is 13.2. The summed E-state index contributed by atoms with van der Waals surface area (Å²) in [6.45, 7) is 5.88. The van der Waals surface area contributed by atoms with E-state index in [-0.39, 0.29) is 0 Å². The lowest BCUT2D eigenvalue weighted by atomic mass is 9.87. The van der Waals surface area contributed by atoms with Crippen molar-refractivity contribution in [1.82, 2.24) is 9.80 Å². The van der Waals surface area contributed by atoms with Gasteiger partial charge in [0.2, 0.25) is 0 Å². The fourth-order valence-corrected chi connectivity index (χ4v) is 3.20. The third-order valence-corrected chi connectivity index (χ3v) is 4.54. The van der Waals surface area contributed by atoms with Gasteiger partial charge in [0.05, 0.1) is 0 Å². The molecule has 0 aromatic heterocycles. The van der Waals surface area contributed by atoms with Gasteiger partial charge in [0, 0.05) is 38.8 Å². The second-order valence-corrected chi connectivity index (χ2v) is 6.19. The summed E-state index contributed by atoms with van der Waals surface area (Å²) in [6.07, 6.45) is 3.36. The van der Waals surface area contributed by atoms with Crippen LogP contribution in [0.1, 0.15) is 23.1 Å². The molecule has 1 unspecified atom stereocenters. The molecule has 1 aliphatic carbocycles. The van der Waals surface area contributed by atoms with Crippen molar-refractivity contribution in [2.45, 2.75) is 31.8 Å². The normalized spacial score (nSPS) is 25.3. The summed E-state index contributed by atoms with van der Waals surface area (Å²) in [5.74, 6) is 0. The third kappa shape index (κ3) is 3.16. The Kier molecular flexibility index (Phi) is 3.87. The van der Waals surface area contributed by atoms with E-state index in [9.17, 15) is 0 Å². The highest BCUT2D eigenvalue weighted by Gasteiger charge is 2.17. The molecule has 2 aliphatic rings. The molecule has 0 radical (unpaired) electrons. The van der Waals surface area contributed by atoms with E-state index in [0.717, 1.165) is 25.8 Å². The highest BCUT2D eigenvalue weighted by atomic mass is 15.2. The van der Waals surface area contributed by atoms with Crippen molar-refractivity contribution < 1.29 is 0 Å². The van der Waals surface area contributed by atoms with E-state index in [2.05, 4.69) is 35.0 Å². The van der Waals surface area contributed by atoms with Gasteiger partial charge in [-0.1, -0.05) is 18.2 Å². The molecule has 0 bridgehead atoms. The summed E-state index contributed by atoms with van der Waals surface area (Å²) in [5, 5.41) is 0. The number of piperazine rings is 1. The number of fused-ring (bicyclic) bond motifs is 1. The van der Waals surface area contributed by atoms with Crippen molar-refractivity contribution in [2.75, 3.05) is 33.2 Å². The van der Waals surface area contributed by atoms with Gasteiger partial charge in [0.1, 0.15) is 0 Å². The molecule has 3 heteroatoms. The number of aryl methyl sites for hydroxylation is 1. The first-order valence-electron chi connectivity index (χ1n) is 7.48. The van der Waals surface area contributed by atoms with Gasteiger partial charge in [-0.05, 0) is 43.0 Å². The van der Waals surface area contributed by atoms with Crippen molar-refractivity contribution in [3.8, 4) is 0 Å². The van der Waals surface area contributed by atoms with Crippen LogP contribution in [0.25, 0.3) is 0 Å². The third-order valence-electron chi connectivity index (χ3n) is 4.54. The number of nitrogens with two attached hydrogens (primary N) is 1. The van der Waals surface area contributed by atoms with E-state index < -0.39 is 0 Å². The van der Waals surface area contributed by atoms with Gasteiger partial charge in [0.15, 0.2) is 0 Å². The fourth-order valence-electron chi connectivity index (χ4n) is 3.20. The molecule has 0 spiro atoms. The highest BCUT2D eigenvalue weighted by molar-refractivity contribution is 5.34. The van der Waals surface area contributed by atoms with E-state index in [4.69, 9.17) is 5.73 Å². The standard InChI is InChI=1S/C16H25N3/c1-18-6-8-19(9-7-18)12-13-2-3-15-11-16(17)5-4-14(15)10-13/h2-3,10,16H,4-9,11-12,17H2,1H3. The minimum absolute atomic E-state index is 0.371. The molecule has 1 aromatic carbocycles. The van der Waals surface area contributed by atoms with Gasteiger partial charge < -0.3 is 10.6 Å². The first kappa shape index (κ1) is 13.1. The number of benzene rings is 1. The summed E-state index contributed by atoms with van der Waals surface area (Å²) in [6, 6.07) is 7.39. The molecule has 19 heavy (non-hydrogen) atoms. The molecule has 3 rings (SSSR count). The van der Waals surface area contributed by atoms with Crippen molar-refractivity contribution in [1.29, 1.82) is 0 Å². The molecular weight excluding hydrogens is 234 g/mol. The molecule has 0 saturated carbocycles. The van der Waals surface area contributed by atoms with Crippen molar-refractivity contribution in [2.24, 2.45) is 5.73 Å². The van der Waals surface area contributed by atoms with E-state index in [1.165, 1.54) is 42.9 Å². The Bertz CT molecular complexity index is 436. The molecule has 1 aromatic rings. The minimum Gasteiger partial charge on any atom is -0.327 e. The number of nitrogens with zero attached hydrogens (tertiary/aromatic N) is 2. The summed E-state index contributed by atoms with van der Waals surface area (Å²) < 4.78 is 0. The molecule has 3 nitrogen and oxygen atoms in total. The van der Waals surface area contributed by atoms with Crippen LogP contribution < -0.4 is 5.73 Å². The van der Waals surface area contributed by atoms with Crippen LogP contribution in [0, 0.1) is 0 Å². The van der Waals surface area contributed by atoms with Gasteiger partial charge in [-0.25, -0.2) is 0 Å². The SMILES string of the molecule is CN1CCN(Cc2ccc3c(c2)CCC(N)C3)CC1. The Morgan fingerprint density at radius 2 is 1.95 bits per heavy atom. The van der Waals surface area contributed by atoms with Gasteiger partial charge in [-0.15, -0.1) is 0 Å². The van der Waals surface area contributed by atoms with Gasteiger partial charge >= 0.3 is 0 Å². The number of rotatable bonds is 2. The van der Waals surface area contributed by atoms with Crippen LogP contribution in [0.5, 0.6) is 0 Å². The van der Waals surface area contributed by atoms with Crippen LogP contribution >= 0.6 is 0 Å². The van der Waals surface area contributed by atoms with E-state index in [0.29, 0.717) is 6.04 Å². The fraction of sp³-hybridized carbons (Fsp3) is 0.625. The van der Waals surface area contributed by atoms with Gasteiger partial charge in [0.25, 0.3) is 0 Å². The monoisotopic (exact) mass is 259 g/mol. The van der Waals surface area contributed by atoms with Crippen LogP contribution in [0.15, 0.2) is 18.2 Å². The predicted octanol–water partition coefficient (Wildman–Crippen LogP) is 1.25. The molecule has 1 heterocycles. The molecule has 2 N–H and O–H groups in total. The van der Waals surface area contributed by atoms with Crippen molar-refractivity contribution in [3.63, 3.8) is 0 Å². The molecule has 1 atom stereocenters. The van der Waals surface area contributed by atoms with Crippen molar-refractivity contribution >= 4 is 0 Å². The quantitative estimate of drug-likeness (QED) is 0.867. The smallest absolute Gasteiger partial charge is 0.0234 e. The summed E-state index contributed by atoms with van der Waals surface area (Å²) >= 11 is 0. The maximum atomic E-state index is 6.04. The minimum atomic E-state index is 0.371. The lowest BCUT2D eigenvalue weighted by Crippen LogP contribution is -2.43. The second-order valence-electron chi connectivity index (χ2n) is 6.19. The Balaban J connectivity index is 1.66. The second kappa shape index (κ2) is 5.61. The summed E-state index contributed by atoms with van der Waals surface area (Å²) in [7, 11) is 2.21. The van der Waals surface area contributed by atoms with Gasteiger partial charge in [-0.2, -0.15) is 0 Å². The number of hydrogen-bond donors (Lipinski definition) is 1. The summed E-state index contributed by atoms with van der Waals surface area (Å²) in [4.78, 5) is 4.97. The highest BCUT2D eigenvalue weighted by Crippen LogP contribution is 2.22. The van der Waals surface area contributed by atoms with Crippen LogP contribution in [0.2, 0.25) is 0 Å². The number of likely N-dealkylation sites (N-methyl/N-ethyl adjacent to an activating group) is 1. The Morgan fingerprint density at radius 3 is 2.74 bits per heavy atom. The first-order valence-corrected chi connectivity index (χ1v) is 7.48. The molecule has 0 amide bonds. The van der Waals surface area contributed by atoms with Crippen LogP contribution in [0.4, 0.5) is 0 Å². The maximum absolute atomic E-state index is 6.04. The zero-order valence-corrected chi connectivity index (χ0v) is 11.9. The van der Waals surface area contributed by atoms with Crippen LogP contribution in [-0.4, -0.2) is 49.1 Å². The molecular formula is C16H25N3. The summed E-state index contributed by atoms with van der Waals surface area (Å²) in [5.41, 5.74) is 10.5. The zero-order valence-electron chi connectivity index (χ0n) is 11.9. The Morgan fingerprint density at radius 1 is 1.16 bits per heavy atom. The van der Waals surface area contributed by atoms with Gasteiger partial charge in [-0.3, -0.25) is 4.90 Å². The average Bonchev–Trinajstić information content (AvgIpc) is 2.42. The van der Waals surface area contributed by atoms with E-state index in [1.54, 1.807) is 0 Å². The molecule has 104 valence electrons. The maximum Gasteiger partial charge on any atom is 0.0234 e. The topological polar surface area (TPSA) is 32.5 Å². The van der Waals surface area contributed by atoms with Crippen LogP contribution in [-0.2, 0) is 19.4 Å². The lowest BCUT2D eigenvalue weighted by molar-refractivity contribution is 0.148. The van der Waals surface area contributed by atoms with E-state index in [1.807, 2.05) is 0 Å². The Labute approximate surface area is 116 Å². The number of hydrogen-bond acceptors (Lipinski definition) is 3. The van der Waals surface area contributed by atoms with Crippen LogP contribution in [0.3, 0.4) is 0 Å². The van der Waals surface area contributed by atoms with E-state index >= 15 is 0 Å². The lowest BCUT2D eigenvalue weighted by Gasteiger charge is -2.32. The first-order chi connectivity index (χ1) is 9.20. The Hall–Kier alpha value is -0.900. The molecule has 1 fully saturated rings.